The monoisotopic (exact) mass is 464 g/mol. The van der Waals surface area contributed by atoms with Gasteiger partial charge in [-0.2, -0.15) is 0 Å². The van der Waals surface area contributed by atoms with E-state index in [9.17, 15) is 4.79 Å². The molecule has 33 heavy (non-hydrogen) atoms. The molecule has 2 N–H and O–H groups in total. The fourth-order valence-electron chi connectivity index (χ4n) is 2.95. The molecule has 3 aromatic carbocycles. The molecule has 7 heteroatoms. The van der Waals surface area contributed by atoms with Crippen LogP contribution in [-0.2, 0) is 0 Å². The van der Waals surface area contributed by atoms with Crippen LogP contribution in [0.1, 0.15) is 30.1 Å². The minimum absolute atomic E-state index is 0.175. The molecule has 1 amide bonds. The second-order valence-electron chi connectivity index (χ2n) is 7.11. The lowest BCUT2D eigenvalue weighted by molar-refractivity contribution is 0.0972. The molecule has 0 unspecified atom stereocenters. The van der Waals surface area contributed by atoms with Crippen molar-refractivity contribution < 1.29 is 19.0 Å². The minimum Gasteiger partial charge on any atom is -0.491 e. The summed E-state index contributed by atoms with van der Waals surface area (Å²) in [4.78, 5) is 12.8. The van der Waals surface area contributed by atoms with E-state index in [0.29, 0.717) is 42.6 Å². The minimum atomic E-state index is -0.364. The van der Waals surface area contributed by atoms with E-state index in [1.165, 1.54) is 0 Å². The molecule has 6 nitrogen and oxygen atoms in total. The summed E-state index contributed by atoms with van der Waals surface area (Å²) in [5.74, 6) is 1.54. The van der Waals surface area contributed by atoms with Gasteiger partial charge in [-0.1, -0.05) is 55.8 Å². The molecule has 0 aliphatic heterocycles. The van der Waals surface area contributed by atoms with Crippen LogP contribution >= 0.6 is 12.2 Å². The maximum atomic E-state index is 12.8. The van der Waals surface area contributed by atoms with Crippen LogP contribution in [0.3, 0.4) is 0 Å². The number of carbonyl (C=O) groups excluding carboxylic acids is 1. The molecule has 0 spiro atoms. The van der Waals surface area contributed by atoms with Gasteiger partial charge in [0.25, 0.3) is 5.91 Å². The molecule has 0 aliphatic carbocycles. The number of anilines is 1. The average molecular weight is 465 g/mol. The molecule has 0 aliphatic rings. The number of hydrogen-bond donors (Lipinski definition) is 2. The number of unbranched alkanes of at least 4 members (excludes halogenated alkanes) is 1. The first-order valence-electron chi connectivity index (χ1n) is 10.9. The van der Waals surface area contributed by atoms with Crippen LogP contribution in [0.25, 0.3) is 0 Å². The molecule has 172 valence electrons. The van der Waals surface area contributed by atoms with Gasteiger partial charge in [0.2, 0.25) is 0 Å². The van der Waals surface area contributed by atoms with Gasteiger partial charge in [-0.3, -0.25) is 10.1 Å². The quantitative estimate of drug-likeness (QED) is 0.291. The molecular weight excluding hydrogens is 436 g/mol. The molecular formula is C26H28N2O4S. The van der Waals surface area contributed by atoms with Crippen LogP contribution in [0.5, 0.6) is 17.2 Å². The zero-order chi connectivity index (χ0) is 23.3. The third kappa shape index (κ3) is 7.80. The lowest BCUT2D eigenvalue weighted by Crippen LogP contribution is -2.34. The van der Waals surface area contributed by atoms with Gasteiger partial charge in [0.05, 0.1) is 17.9 Å². The summed E-state index contributed by atoms with van der Waals surface area (Å²) in [5.41, 5.74) is 1.08. The summed E-state index contributed by atoms with van der Waals surface area (Å²) < 4.78 is 17.2. The molecule has 3 aromatic rings. The predicted molar refractivity (Wildman–Crippen MR) is 134 cm³/mol. The van der Waals surface area contributed by atoms with Gasteiger partial charge in [0.1, 0.15) is 30.5 Å². The molecule has 0 bridgehead atoms. The van der Waals surface area contributed by atoms with E-state index >= 15 is 0 Å². The summed E-state index contributed by atoms with van der Waals surface area (Å²) in [6.45, 7) is 3.38. The summed E-state index contributed by atoms with van der Waals surface area (Å²) in [6, 6.07) is 24.0. The molecule has 0 saturated carbocycles. The van der Waals surface area contributed by atoms with Crippen molar-refractivity contribution in [1.82, 2.24) is 5.32 Å². The van der Waals surface area contributed by atoms with E-state index in [4.69, 9.17) is 26.4 Å². The van der Waals surface area contributed by atoms with Gasteiger partial charge >= 0.3 is 0 Å². The summed E-state index contributed by atoms with van der Waals surface area (Å²) >= 11 is 5.35. The number of benzene rings is 3. The van der Waals surface area contributed by atoms with Gasteiger partial charge in [-0.25, -0.2) is 0 Å². The van der Waals surface area contributed by atoms with E-state index in [0.717, 1.165) is 18.6 Å². The molecule has 0 atom stereocenters. The van der Waals surface area contributed by atoms with Crippen LogP contribution in [0.2, 0.25) is 0 Å². The van der Waals surface area contributed by atoms with E-state index in [1.54, 1.807) is 18.2 Å². The van der Waals surface area contributed by atoms with Gasteiger partial charge in [-0.15, -0.1) is 0 Å². The molecule has 3 rings (SSSR count). The topological polar surface area (TPSA) is 68.8 Å². The summed E-state index contributed by atoms with van der Waals surface area (Å²) in [5, 5.41) is 5.93. The Morgan fingerprint density at radius 1 is 0.788 bits per heavy atom. The number of hydrogen-bond acceptors (Lipinski definition) is 5. The van der Waals surface area contributed by atoms with Crippen molar-refractivity contribution in [2.75, 3.05) is 25.1 Å². The molecule has 0 saturated heterocycles. The first kappa shape index (κ1) is 24.1. The normalized spacial score (nSPS) is 10.2. The zero-order valence-electron chi connectivity index (χ0n) is 18.6. The molecule has 0 heterocycles. The standard InChI is InChI=1S/C26H28N2O4S/c1-2-3-17-31-24-16-10-8-14-22(24)27-26(33)28-25(29)21-13-7-9-15-23(21)32-19-18-30-20-11-5-4-6-12-20/h4-16H,2-3,17-19H2,1H3,(H2,27,28,29,33). The number of amides is 1. The molecule has 0 aromatic heterocycles. The van der Waals surface area contributed by atoms with Crippen molar-refractivity contribution in [3.8, 4) is 17.2 Å². The Kier molecular flexibility index (Phi) is 9.54. The highest BCUT2D eigenvalue weighted by Crippen LogP contribution is 2.24. The number of nitrogens with one attached hydrogen (secondary N) is 2. The molecule has 0 fully saturated rings. The van der Waals surface area contributed by atoms with Gasteiger partial charge in [-0.05, 0) is 55.0 Å². The van der Waals surface area contributed by atoms with E-state index in [1.807, 2.05) is 60.7 Å². The Bertz CT molecular complexity index is 1040. The fourth-order valence-corrected chi connectivity index (χ4v) is 3.16. The van der Waals surface area contributed by atoms with E-state index in [-0.39, 0.29) is 11.0 Å². The van der Waals surface area contributed by atoms with Crippen molar-refractivity contribution in [2.24, 2.45) is 0 Å². The van der Waals surface area contributed by atoms with Crippen LogP contribution in [0.15, 0.2) is 78.9 Å². The Morgan fingerprint density at radius 2 is 1.42 bits per heavy atom. The van der Waals surface area contributed by atoms with Crippen LogP contribution in [-0.4, -0.2) is 30.8 Å². The third-order valence-electron chi connectivity index (χ3n) is 4.60. The first-order chi connectivity index (χ1) is 16.2. The van der Waals surface area contributed by atoms with Gasteiger partial charge < -0.3 is 19.5 Å². The highest BCUT2D eigenvalue weighted by Gasteiger charge is 2.14. The fraction of sp³-hybridized carbons (Fsp3) is 0.231. The zero-order valence-corrected chi connectivity index (χ0v) is 19.4. The lowest BCUT2D eigenvalue weighted by Gasteiger charge is -2.15. The van der Waals surface area contributed by atoms with Crippen molar-refractivity contribution >= 4 is 28.9 Å². The highest BCUT2D eigenvalue weighted by molar-refractivity contribution is 7.80. The predicted octanol–water partition coefficient (Wildman–Crippen LogP) is 5.45. The van der Waals surface area contributed by atoms with Crippen molar-refractivity contribution in [3.63, 3.8) is 0 Å². The second-order valence-corrected chi connectivity index (χ2v) is 7.52. The van der Waals surface area contributed by atoms with Crippen LogP contribution < -0.4 is 24.8 Å². The van der Waals surface area contributed by atoms with Crippen LogP contribution in [0.4, 0.5) is 5.69 Å². The van der Waals surface area contributed by atoms with Crippen molar-refractivity contribution in [1.29, 1.82) is 0 Å². The Labute approximate surface area is 199 Å². The Hall–Kier alpha value is -3.58. The van der Waals surface area contributed by atoms with E-state index < -0.39 is 0 Å². The average Bonchev–Trinajstić information content (AvgIpc) is 2.84. The summed E-state index contributed by atoms with van der Waals surface area (Å²) in [7, 11) is 0. The number of carbonyl (C=O) groups is 1. The Morgan fingerprint density at radius 3 is 2.21 bits per heavy atom. The number of rotatable bonds is 11. The van der Waals surface area contributed by atoms with Gasteiger partial charge in [0.15, 0.2) is 5.11 Å². The number of para-hydroxylation sites is 4. The number of thiocarbonyl (C=S) groups is 1. The SMILES string of the molecule is CCCCOc1ccccc1NC(=S)NC(=O)c1ccccc1OCCOc1ccccc1. The Balaban J connectivity index is 1.54. The third-order valence-corrected chi connectivity index (χ3v) is 4.81. The largest absolute Gasteiger partial charge is 0.491 e. The smallest absolute Gasteiger partial charge is 0.261 e. The van der Waals surface area contributed by atoms with Crippen LogP contribution in [0, 0.1) is 0 Å². The molecule has 0 radical (unpaired) electrons. The second kappa shape index (κ2) is 13.1. The van der Waals surface area contributed by atoms with Gasteiger partial charge in [0, 0.05) is 0 Å². The maximum absolute atomic E-state index is 12.8. The van der Waals surface area contributed by atoms with Crippen molar-refractivity contribution in [2.45, 2.75) is 19.8 Å². The maximum Gasteiger partial charge on any atom is 0.261 e. The highest BCUT2D eigenvalue weighted by atomic mass is 32.1. The van der Waals surface area contributed by atoms with Crippen molar-refractivity contribution in [3.05, 3.63) is 84.4 Å². The lowest BCUT2D eigenvalue weighted by atomic mass is 10.2. The van der Waals surface area contributed by atoms with E-state index in [2.05, 4.69) is 17.6 Å². The first-order valence-corrected chi connectivity index (χ1v) is 11.3. The number of ether oxygens (including phenoxy) is 3. The summed E-state index contributed by atoms with van der Waals surface area (Å²) in [6.07, 6.45) is 2.01.